The Balaban J connectivity index is 1.33. The molecular weight excluding hydrogens is 468 g/mol. The molecule has 176 valence electrons. The number of non-ortho nitro benzene ring substituents is 1. The van der Waals surface area contributed by atoms with Crippen LogP contribution in [0.15, 0.2) is 78.9 Å². The molecule has 8 heteroatoms. The maximum absolute atomic E-state index is 12.7. The standard InChI is InChI=1S/C27H21ClN2O5/c28-19-9-4-16(5-10-19)25(31)15-35-27(32)18-8-13-24-23(14-18)21-2-1-3-22(21)26(29-24)17-6-11-20(12-7-17)30(33)34/h1-2,4-14,21-22,26,29H,3,15H2/t21-,22+,26+/m1/s1. The number of Topliss-reactive ketones (excluding diaryl/α,β-unsaturated/α-hetero) is 1. The number of nitro groups is 1. The number of hydrogen-bond acceptors (Lipinski definition) is 6. The number of carbonyl (C=O) groups excluding carboxylic acids is 2. The van der Waals surface area contributed by atoms with E-state index in [0.29, 0.717) is 16.1 Å². The van der Waals surface area contributed by atoms with E-state index in [1.807, 2.05) is 12.1 Å². The molecule has 0 fully saturated rings. The van der Waals surface area contributed by atoms with Crippen LogP contribution >= 0.6 is 11.6 Å². The van der Waals surface area contributed by atoms with Crippen LogP contribution in [0.3, 0.4) is 0 Å². The number of carbonyl (C=O) groups is 2. The average Bonchev–Trinajstić information content (AvgIpc) is 3.37. The molecule has 0 saturated carbocycles. The minimum absolute atomic E-state index is 0.0156. The summed E-state index contributed by atoms with van der Waals surface area (Å²) in [5.41, 5.74) is 3.72. The zero-order valence-electron chi connectivity index (χ0n) is 18.5. The molecule has 35 heavy (non-hydrogen) atoms. The van der Waals surface area contributed by atoms with E-state index in [2.05, 4.69) is 17.5 Å². The quantitative estimate of drug-likeness (QED) is 0.148. The molecule has 5 rings (SSSR count). The fraction of sp³-hybridized carbons (Fsp3) is 0.185. The van der Waals surface area contributed by atoms with Crippen LogP contribution < -0.4 is 5.32 Å². The Morgan fingerprint density at radius 2 is 1.74 bits per heavy atom. The summed E-state index contributed by atoms with van der Waals surface area (Å²) in [6, 6.07) is 18.4. The van der Waals surface area contributed by atoms with Crippen molar-refractivity contribution in [3.8, 4) is 0 Å². The van der Waals surface area contributed by atoms with Crippen LogP contribution in [-0.2, 0) is 4.74 Å². The summed E-state index contributed by atoms with van der Waals surface area (Å²) in [5, 5.41) is 15.1. The van der Waals surface area contributed by atoms with Crippen molar-refractivity contribution in [1.29, 1.82) is 0 Å². The molecule has 0 radical (unpaired) electrons. The van der Waals surface area contributed by atoms with Gasteiger partial charge in [-0.2, -0.15) is 0 Å². The van der Waals surface area contributed by atoms with Crippen LogP contribution in [0.25, 0.3) is 0 Å². The van der Waals surface area contributed by atoms with Crippen molar-refractivity contribution in [2.45, 2.75) is 18.4 Å². The van der Waals surface area contributed by atoms with Gasteiger partial charge in [0.15, 0.2) is 12.4 Å². The van der Waals surface area contributed by atoms with Gasteiger partial charge >= 0.3 is 5.97 Å². The number of nitrogens with one attached hydrogen (secondary N) is 1. The predicted octanol–water partition coefficient (Wildman–Crippen LogP) is 6.11. The zero-order valence-corrected chi connectivity index (χ0v) is 19.3. The van der Waals surface area contributed by atoms with E-state index < -0.39 is 10.9 Å². The molecule has 0 spiro atoms. The second-order valence-electron chi connectivity index (χ2n) is 8.63. The average molecular weight is 489 g/mol. The SMILES string of the molecule is O=C(COC(=O)c1ccc2c(c1)[C@@H]1C=CC[C@@H]1[C@H](c1ccc([N+](=O)[O-])cc1)N2)c1ccc(Cl)cc1. The molecule has 1 aliphatic carbocycles. The second-order valence-corrected chi connectivity index (χ2v) is 9.07. The third-order valence-electron chi connectivity index (χ3n) is 6.56. The number of allylic oxidation sites excluding steroid dienone is 2. The normalized spacial score (nSPS) is 19.9. The summed E-state index contributed by atoms with van der Waals surface area (Å²) in [6.45, 7) is -0.357. The van der Waals surface area contributed by atoms with Crippen molar-refractivity contribution in [2.75, 3.05) is 11.9 Å². The van der Waals surface area contributed by atoms with Crippen molar-refractivity contribution >= 4 is 34.7 Å². The van der Waals surface area contributed by atoms with Crippen LogP contribution in [0.4, 0.5) is 11.4 Å². The third kappa shape index (κ3) is 4.55. The van der Waals surface area contributed by atoms with Gasteiger partial charge in [-0.3, -0.25) is 14.9 Å². The van der Waals surface area contributed by atoms with E-state index in [1.165, 1.54) is 12.1 Å². The van der Waals surface area contributed by atoms with E-state index in [1.54, 1.807) is 42.5 Å². The lowest BCUT2D eigenvalue weighted by Gasteiger charge is -2.37. The summed E-state index contributed by atoms with van der Waals surface area (Å²) >= 11 is 5.85. The van der Waals surface area contributed by atoms with Gasteiger partial charge in [-0.1, -0.05) is 35.9 Å². The predicted molar refractivity (Wildman–Crippen MR) is 132 cm³/mol. The maximum Gasteiger partial charge on any atom is 0.338 e. The minimum Gasteiger partial charge on any atom is -0.454 e. The number of fused-ring (bicyclic) bond motifs is 3. The largest absolute Gasteiger partial charge is 0.454 e. The first-order chi connectivity index (χ1) is 16.9. The Labute approximate surface area is 206 Å². The van der Waals surface area contributed by atoms with Crippen LogP contribution in [0.2, 0.25) is 5.02 Å². The number of benzene rings is 3. The second kappa shape index (κ2) is 9.35. The van der Waals surface area contributed by atoms with Gasteiger partial charge in [-0.05, 0) is 65.9 Å². The van der Waals surface area contributed by atoms with Gasteiger partial charge < -0.3 is 10.1 Å². The lowest BCUT2D eigenvalue weighted by Crippen LogP contribution is -2.29. The van der Waals surface area contributed by atoms with Crippen LogP contribution in [0, 0.1) is 16.0 Å². The first-order valence-electron chi connectivity index (χ1n) is 11.2. The number of anilines is 1. The molecule has 3 aromatic carbocycles. The maximum atomic E-state index is 12.7. The highest BCUT2D eigenvalue weighted by Crippen LogP contribution is 2.50. The van der Waals surface area contributed by atoms with Crippen LogP contribution in [0.5, 0.6) is 0 Å². The van der Waals surface area contributed by atoms with Crippen molar-refractivity contribution in [2.24, 2.45) is 5.92 Å². The number of rotatable bonds is 6. The first-order valence-corrected chi connectivity index (χ1v) is 11.6. The molecule has 1 N–H and O–H groups in total. The summed E-state index contributed by atoms with van der Waals surface area (Å²) in [7, 11) is 0. The fourth-order valence-corrected chi connectivity index (χ4v) is 4.91. The lowest BCUT2D eigenvalue weighted by molar-refractivity contribution is -0.384. The molecule has 3 atom stereocenters. The Morgan fingerprint density at radius 3 is 2.46 bits per heavy atom. The number of nitro benzene ring substituents is 1. The van der Waals surface area contributed by atoms with Crippen molar-refractivity contribution in [3.05, 3.63) is 116 Å². The lowest BCUT2D eigenvalue weighted by atomic mass is 9.76. The van der Waals surface area contributed by atoms with E-state index in [4.69, 9.17) is 16.3 Å². The number of ether oxygens (including phenoxy) is 1. The van der Waals surface area contributed by atoms with E-state index >= 15 is 0 Å². The number of ketones is 1. The topological polar surface area (TPSA) is 98.5 Å². The number of halogens is 1. The molecule has 1 heterocycles. The molecule has 0 bridgehead atoms. The highest BCUT2D eigenvalue weighted by molar-refractivity contribution is 6.30. The van der Waals surface area contributed by atoms with E-state index in [-0.39, 0.29) is 36.0 Å². The summed E-state index contributed by atoms with van der Waals surface area (Å²) in [6.07, 6.45) is 5.12. The summed E-state index contributed by atoms with van der Waals surface area (Å²) in [5.74, 6) is -0.567. The molecule has 0 amide bonds. The molecule has 0 saturated heterocycles. The van der Waals surface area contributed by atoms with Gasteiger partial charge in [-0.15, -0.1) is 0 Å². The van der Waals surface area contributed by atoms with Gasteiger partial charge in [0, 0.05) is 34.3 Å². The number of esters is 1. The highest BCUT2D eigenvalue weighted by Gasteiger charge is 2.38. The van der Waals surface area contributed by atoms with E-state index in [9.17, 15) is 19.7 Å². The molecule has 2 aliphatic rings. The van der Waals surface area contributed by atoms with Crippen molar-refractivity contribution in [1.82, 2.24) is 0 Å². The Bertz CT molecular complexity index is 1330. The Hall–Kier alpha value is -3.97. The number of nitrogens with zero attached hydrogens (tertiary/aromatic N) is 1. The molecule has 1 aliphatic heterocycles. The summed E-state index contributed by atoms with van der Waals surface area (Å²) < 4.78 is 5.28. The summed E-state index contributed by atoms with van der Waals surface area (Å²) in [4.78, 5) is 35.6. The first kappa shape index (κ1) is 22.8. The zero-order chi connectivity index (χ0) is 24.5. The monoisotopic (exact) mass is 488 g/mol. The molecular formula is C27H21ClN2O5. The van der Waals surface area contributed by atoms with Gasteiger partial charge in [0.05, 0.1) is 16.5 Å². The van der Waals surface area contributed by atoms with Gasteiger partial charge in [0.25, 0.3) is 5.69 Å². The van der Waals surface area contributed by atoms with E-state index in [0.717, 1.165) is 23.2 Å². The molecule has 3 aromatic rings. The fourth-order valence-electron chi connectivity index (χ4n) is 4.79. The van der Waals surface area contributed by atoms with Crippen molar-refractivity contribution in [3.63, 3.8) is 0 Å². The molecule has 0 unspecified atom stereocenters. The molecule has 0 aromatic heterocycles. The number of hydrogen-bond donors (Lipinski definition) is 1. The smallest absolute Gasteiger partial charge is 0.338 e. The Morgan fingerprint density at radius 1 is 1.03 bits per heavy atom. The van der Waals surface area contributed by atoms with Gasteiger partial charge in [0.2, 0.25) is 0 Å². The molecule has 7 nitrogen and oxygen atoms in total. The van der Waals surface area contributed by atoms with Crippen LogP contribution in [0.1, 0.15) is 50.2 Å². The highest BCUT2D eigenvalue weighted by atomic mass is 35.5. The Kier molecular flexibility index (Phi) is 6.09. The van der Waals surface area contributed by atoms with Gasteiger partial charge in [-0.25, -0.2) is 4.79 Å². The third-order valence-corrected chi connectivity index (χ3v) is 6.81. The van der Waals surface area contributed by atoms with Crippen LogP contribution in [-0.4, -0.2) is 23.3 Å². The van der Waals surface area contributed by atoms with Crippen molar-refractivity contribution < 1.29 is 19.2 Å². The van der Waals surface area contributed by atoms with Gasteiger partial charge in [0.1, 0.15) is 0 Å². The minimum atomic E-state index is -0.564.